The van der Waals surface area contributed by atoms with Crippen molar-refractivity contribution in [2.75, 3.05) is 42.9 Å². The Bertz CT molecular complexity index is 1180. The van der Waals surface area contributed by atoms with Crippen LogP contribution in [-0.2, 0) is 4.79 Å². The van der Waals surface area contributed by atoms with Crippen LogP contribution >= 0.6 is 0 Å². The third-order valence-corrected chi connectivity index (χ3v) is 6.72. The fourth-order valence-corrected chi connectivity index (χ4v) is 4.88. The van der Waals surface area contributed by atoms with Gasteiger partial charge in [-0.15, -0.1) is 5.10 Å². The number of allylic oxidation sites excluding steroid dienone is 5. The Hall–Kier alpha value is -3.46. The number of carbonyl (C=O) groups is 1. The first-order valence-corrected chi connectivity index (χ1v) is 12.1. The zero-order chi connectivity index (χ0) is 23.5. The second-order valence-electron chi connectivity index (χ2n) is 8.95. The SMILES string of the molecule is C=N/C(=C\C=C(/C)N1CCNCC1)Nc1ncc2cc(N3CCCC3=O)c(C3=CCCC3)n2n1. The van der Waals surface area contributed by atoms with Crippen LogP contribution in [0.4, 0.5) is 11.6 Å². The Morgan fingerprint density at radius 2 is 2.06 bits per heavy atom. The van der Waals surface area contributed by atoms with Gasteiger partial charge in [-0.3, -0.25) is 4.79 Å². The third kappa shape index (κ3) is 4.48. The number of rotatable bonds is 7. The lowest BCUT2D eigenvalue weighted by Crippen LogP contribution is -2.42. The number of piperazine rings is 1. The summed E-state index contributed by atoms with van der Waals surface area (Å²) in [6.07, 6.45) is 12.7. The summed E-state index contributed by atoms with van der Waals surface area (Å²) >= 11 is 0. The largest absolute Gasteiger partial charge is 0.372 e. The second kappa shape index (κ2) is 9.80. The van der Waals surface area contributed by atoms with Gasteiger partial charge in [0.15, 0.2) is 0 Å². The topological polar surface area (TPSA) is 90.2 Å². The molecule has 3 aliphatic rings. The number of carbonyl (C=O) groups excluding carboxylic acids is 1. The molecule has 2 aliphatic heterocycles. The minimum atomic E-state index is 0.176. The fraction of sp³-hybridized carbons (Fsp3) is 0.440. The minimum Gasteiger partial charge on any atom is -0.372 e. The number of nitrogens with zero attached hydrogens (tertiary/aromatic N) is 6. The van der Waals surface area contributed by atoms with Crippen molar-refractivity contribution in [2.45, 2.75) is 39.0 Å². The van der Waals surface area contributed by atoms with Gasteiger partial charge in [-0.1, -0.05) is 6.08 Å². The van der Waals surface area contributed by atoms with Crippen molar-refractivity contribution < 1.29 is 4.79 Å². The highest BCUT2D eigenvalue weighted by Gasteiger charge is 2.28. The Morgan fingerprint density at radius 3 is 2.76 bits per heavy atom. The fourth-order valence-electron chi connectivity index (χ4n) is 4.88. The highest BCUT2D eigenvalue weighted by Crippen LogP contribution is 2.38. The third-order valence-electron chi connectivity index (χ3n) is 6.72. The van der Waals surface area contributed by atoms with E-state index < -0.39 is 0 Å². The van der Waals surface area contributed by atoms with Gasteiger partial charge in [-0.2, -0.15) is 0 Å². The number of hydrogen-bond donors (Lipinski definition) is 2. The number of hydrogen-bond acceptors (Lipinski definition) is 7. The van der Waals surface area contributed by atoms with Crippen LogP contribution in [0.5, 0.6) is 0 Å². The van der Waals surface area contributed by atoms with Gasteiger partial charge in [0.05, 0.1) is 23.1 Å². The summed E-state index contributed by atoms with van der Waals surface area (Å²) in [7, 11) is 0. The molecule has 2 N–H and O–H groups in total. The number of fused-ring (bicyclic) bond motifs is 1. The van der Waals surface area contributed by atoms with E-state index in [9.17, 15) is 4.79 Å². The maximum atomic E-state index is 12.5. The van der Waals surface area contributed by atoms with E-state index in [2.05, 4.69) is 45.2 Å². The molecule has 0 atom stereocenters. The second-order valence-corrected chi connectivity index (χ2v) is 8.95. The van der Waals surface area contributed by atoms with Crippen molar-refractivity contribution in [2.24, 2.45) is 4.99 Å². The van der Waals surface area contributed by atoms with Crippen molar-refractivity contribution in [1.29, 1.82) is 0 Å². The standard InChI is InChI=1S/C25H32N8O/c1-18(31-14-11-27-12-15-31)9-10-22(26-2)29-25-28-17-20-16-21(32-13-5-8-23(32)34)24(33(20)30-25)19-6-3-4-7-19/h6,9-10,16-17,27H,2-5,7-8,11-15H2,1H3,(H,29,30)/b18-9+,22-10+. The number of amides is 1. The van der Waals surface area contributed by atoms with Gasteiger partial charge in [-0.05, 0) is 63.1 Å². The van der Waals surface area contributed by atoms with Crippen molar-refractivity contribution >= 4 is 35.4 Å². The molecular weight excluding hydrogens is 428 g/mol. The summed E-state index contributed by atoms with van der Waals surface area (Å²) in [4.78, 5) is 25.4. The molecule has 0 radical (unpaired) electrons. The Balaban J connectivity index is 1.45. The molecule has 0 bridgehead atoms. The monoisotopic (exact) mass is 460 g/mol. The van der Waals surface area contributed by atoms with Gasteiger partial charge in [-0.25, -0.2) is 14.5 Å². The molecule has 2 fully saturated rings. The first kappa shape index (κ1) is 22.3. The maximum absolute atomic E-state index is 12.5. The molecule has 0 aromatic carbocycles. The molecule has 9 nitrogen and oxygen atoms in total. The highest BCUT2D eigenvalue weighted by molar-refractivity contribution is 5.99. The van der Waals surface area contributed by atoms with E-state index >= 15 is 0 Å². The summed E-state index contributed by atoms with van der Waals surface area (Å²) in [5, 5.41) is 11.4. The quantitative estimate of drug-likeness (QED) is 0.487. The number of anilines is 2. The predicted molar refractivity (Wildman–Crippen MR) is 136 cm³/mol. The molecule has 2 aromatic rings. The van der Waals surface area contributed by atoms with Gasteiger partial charge in [0.1, 0.15) is 5.82 Å². The number of aliphatic imine (C=N–C) groups is 1. The summed E-state index contributed by atoms with van der Waals surface area (Å²) < 4.78 is 1.91. The summed E-state index contributed by atoms with van der Waals surface area (Å²) in [6, 6.07) is 2.03. The Morgan fingerprint density at radius 1 is 1.21 bits per heavy atom. The first-order chi connectivity index (χ1) is 16.6. The van der Waals surface area contributed by atoms with Gasteiger partial charge >= 0.3 is 0 Å². The molecule has 2 saturated heterocycles. The van der Waals surface area contributed by atoms with E-state index in [4.69, 9.17) is 5.10 Å². The van der Waals surface area contributed by atoms with Gasteiger partial charge in [0.25, 0.3) is 0 Å². The van der Waals surface area contributed by atoms with Crippen LogP contribution in [0.3, 0.4) is 0 Å². The van der Waals surface area contributed by atoms with E-state index in [-0.39, 0.29) is 5.91 Å². The Kier molecular flexibility index (Phi) is 6.44. The summed E-state index contributed by atoms with van der Waals surface area (Å²) in [5.41, 5.74) is 5.23. The van der Waals surface area contributed by atoms with Gasteiger partial charge in [0.2, 0.25) is 11.9 Å². The molecule has 0 spiro atoms. The smallest absolute Gasteiger partial charge is 0.246 e. The van der Waals surface area contributed by atoms with Crippen molar-refractivity contribution in [3.63, 3.8) is 0 Å². The van der Waals surface area contributed by atoms with Crippen LogP contribution in [0.1, 0.15) is 44.7 Å². The lowest BCUT2D eigenvalue weighted by molar-refractivity contribution is -0.117. The molecule has 0 unspecified atom stereocenters. The summed E-state index contributed by atoms with van der Waals surface area (Å²) in [6.45, 7) is 10.5. The molecule has 1 amide bonds. The van der Waals surface area contributed by atoms with Crippen molar-refractivity contribution in [3.05, 3.63) is 47.7 Å². The van der Waals surface area contributed by atoms with E-state index in [1.807, 2.05) is 27.6 Å². The van der Waals surface area contributed by atoms with Crippen LogP contribution < -0.4 is 15.5 Å². The minimum absolute atomic E-state index is 0.176. The highest BCUT2D eigenvalue weighted by atomic mass is 16.2. The van der Waals surface area contributed by atoms with E-state index in [0.29, 0.717) is 18.2 Å². The molecule has 2 aromatic heterocycles. The number of nitrogens with one attached hydrogen (secondary N) is 2. The predicted octanol–water partition coefficient (Wildman–Crippen LogP) is 3.19. The average molecular weight is 461 g/mol. The summed E-state index contributed by atoms with van der Waals surface area (Å²) in [5.74, 6) is 1.20. The lowest BCUT2D eigenvalue weighted by Gasteiger charge is -2.29. The molecule has 4 heterocycles. The number of aromatic nitrogens is 3. The van der Waals surface area contributed by atoms with E-state index in [1.165, 1.54) is 11.3 Å². The molecule has 34 heavy (non-hydrogen) atoms. The average Bonchev–Trinajstić information content (AvgIpc) is 3.61. The van der Waals surface area contributed by atoms with Crippen LogP contribution in [0, 0.1) is 0 Å². The van der Waals surface area contributed by atoms with Crippen LogP contribution in [0.15, 0.2) is 47.0 Å². The van der Waals surface area contributed by atoms with Crippen LogP contribution in [0.25, 0.3) is 11.1 Å². The normalized spacial score (nSPS) is 19.8. The Labute approximate surface area is 199 Å². The molecule has 9 heteroatoms. The van der Waals surface area contributed by atoms with E-state index in [0.717, 1.165) is 75.3 Å². The lowest BCUT2D eigenvalue weighted by atomic mass is 10.1. The van der Waals surface area contributed by atoms with Crippen molar-refractivity contribution in [3.8, 4) is 0 Å². The molecule has 0 saturated carbocycles. The maximum Gasteiger partial charge on any atom is 0.246 e. The van der Waals surface area contributed by atoms with Crippen LogP contribution in [0.2, 0.25) is 0 Å². The van der Waals surface area contributed by atoms with Gasteiger partial charge < -0.3 is 20.4 Å². The molecule has 1 aliphatic carbocycles. The van der Waals surface area contributed by atoms with Crippen molar-refractivity contribution in [1.82, 2.24) is 24.8 Å². The first-order valence-electron chi connectivity index (χ1n) is 12.1. The molecule has 5 rings (SSSR count). The zero-order valence-corrected chi connectivity index (χ0v) is 19.8. The van der Waals surface area contributed by atoms with Crippen LogP contribution in [-0.4, -0.2) is 64.8 Å². The molecular formula is C25H32N8O. The van der Waals surface area contributed by atoms with E-state index in [1.54, 1.807) is 6.20 Å². The molecule has 178 valence electrons. The zero-order valence-electron chi connectivity index (χ0n) is 19.8. The van der Waals surface area contributed by atoms with Gasteiger partial charge in [0, 0.05) is 44.8 Å².